The summed E-state index contributed by atoms with van der Waals surface area (Å²) in [7, 11) is 0. The molecule has 0 aliphatic heterocycles. The first-order valence-corrected chi connectivity index (χ1v) is 9.69. The van der Waals surface area contributed by atoms with Crippen molar-refractivity contribution in [2.75, 3.05) is 11.5 Å². The average molecular weight is 374 g/mol. The Bertz CT molecular complexity index is 661. The van der Waals surface area contributed by atoms with Crippen LogP contribution in [-0.2, 0) is 0 Å². The minimum Gasteiger partial charge on any atom is -0.207 e. The molecule has 0 spiro atoms. The fourth-order valence-electron chi connectivity index (χ4n) is 2.10. The molecule has 0 aromatic heterocycles. The maximum atomic E-state index is 13.4. The van der Waals surface area contributed by atoms with Crippen molar-refractivity contribution in [3.05, 3.63) is 59.7 Å². The average Bonchev–Trinajstić information content (AvgIpc) is 2.54. The van der Waals surface area contributed by atoms with Crippen molar-refractivity contribution in [3.8, 4) is 0 Å². The molecular formula is C18H18F4S2. The zero-order valence-corrected chi connectivity index (χ0v) is 14.7. The molecule has 0 aliphatic rings. The molecule has 0 aliphatic carbocycles. The Labute approximate surface area is 148 Å². The highest BCUT2D eigenvalue weighted by Crippen LogP contribution is 2.25. The highest BCUT2D eigenvalue weighted by Gasteiger charge is 2.05. The van der Waals surface area contributed by atoms with E-state index in [9.17, 15) is 17.6 Å². The van der Waals surface area contributed by atoms with Crippen LogP contribution in [-0.4, -0.2) is 11.5 Å². The van der Waals surface area contributed by atoms with Gasteiger partial charge in [-0.2, -0.15) is 0 Å². The van der Waals surface area contributed by atoms with Gasteiger partial charge in [0, 0.05) is 15.9 Å². The lowest BCUT2D eigenvalue weighted by Gasteiger charge is -2.05. The van der Waals surface area contributed by atoms with E-state index in [0.29, 0.717) is 9.79 Å². The molecule has 0 nitrogen and oxygen atoms in total. The van der Waals surface area contributed by atoms with Crippen molar-refractivity contribution >= 4 is 23.5 Å². The Morgan fingerprint density at radius 3 is 1.83 bits per heavy atom. The number of halogens is 4. The molecule has 0 radical (unpaired) electrons. The second-order valence-electron chi connectivity index (χ2n) is 5.26. The van der Waals surface area contributed by atoms with Gasteiger partial charge in [0.1, 0.15) is 23.3 Å². The van der Waals surface area contributed by atoms with Gasteiger partial charge in [0.2, 0.25) is 0 Å². The maximum absolute atomic E-state index is 13.4. The molecule has 0 saturated heterocycles. The third-order valence-electron chi connectivity index (χ3n) is 3.34. The summed E-state index contributed by atoms with van der Waals surface area (Å²) in [5, 5.41) is 0. The van der Waals surface area contributed by atoms with E-state index in [2.05, 4.69) is 0 Å². The fourth-order valence-corrected chi connectivity index (χ4v) is 4.00. The summed E-state index contributed by atoms with van der Waals surface area (Å²) in [6.45, 7) is 0. The van der Waals surface area contributed by atoms with Crippen LogP contribution in [0.5, 0.6) is 0 Å². The molecular weight excluding hydrogens is 356 g/mol. The Kier molecular flexibility index (Phi) is 7.99. The number of thioether (sulfide) groups is 2. The molecule has 0 heterocycles. The number of benzene rings is 2. The van der Waals surface area contributed by atoms with E-state index in [1.165, 1.54) is 41.7 Å². The molecule has 2 aromatic rings. The van der Waals surface area contributed by atoms with Crippen LogP contribution >= 0.6 is 23.5 Å². The molecule has 130 valence electrons. The van der Waals surface area contributed by atoms with Crippen LogP contribution in [0, 0.1) is 23.3 Å². The van der Waals surface area contributed by atoms with Crippen molar-refractivity contribution in [2.45, 2.75) is 35.5 Å². The number of unbranched alkanes of at least 4 members (excludes halogenated alkanes) is 3. The van der Waals surface area contributed by atoms with Crippen molar-refractivity contribution in [2.24, 2.45) is 0 Å². The lowest BCUT2D eigenvalue weighted by Crippen LogP contribution is -1.88. The fraction of sp³-hybridized carbons (Fsp3) is 0.333. The molecule has 0 amide bonds. The second-order valence-corrected chi connectivity index (χ2v) is 7.53. The van der Waals surface area contributed by atoms with E-state index in [4.69, 9.17) is 0 Å². The van der Waals surface area contributed by atoms with Gasteiger partial charge in [-0.25, -0.2) is 17.6 Å². The SMILES string of the molecule is Fc1ccc(SCCCCCCSc2cc(F)ccc2F)c(F)c1. The zero-order chi connectivity index (χ0) is 17.4. The highest BCUT2D eigenvalue weighted by molar-refractivity contribution is 7.99. The van der Waals surface area contributed by atoms with Crippen molar-refractivity contribution in [1.29, 1.82) is 0 Å². The Hall–Kier alpha value is -1.14. The molecule has 24 heavy (non-hydrogen) atoms. The highest BCUT2D eigenvalue weighted by atomic mass is 32.2. The second kappa shape index (κ2) is 9.99. The standard InChI is InChI=1S/C18H18F4S2/c19-13-6-8-17(16(22)11-13)23-9-3-1-2-4-10-24-18-12-14(20)5-7-15(18)21/h5-8,11-12H,1-4,9-10H2. The van der Waals surface area contributed by atoms with Gasteiger partial charge in [0.25, 0.3) is 0 Å². The number of rotatable bonds is 9. The van der Waals surface area contributed by atoms with E-state index < -0.39 is 17.5 Å². The minimum absolute atomic E-state index is 0.345. The van der Waals surface area contributed by atoms with Crippen LogP contribution in [0.25, 0.3) is 0 Å². The lowest BCUT2D eigenvalue weighted by atomic mass is 10.2. The largest absolute Gasteiger partial charge is 0.207 e. The van der Waals surface area contributed by atoms with Gasteiger partial charge in [-0.1, -0.05) is 12.8 Å². The number of hydrogen-bond donors (Lipinski definition) is 0. The van der Waals surface area contributed by atoms with Gasteiger partial charge in [0.15, 0.2) is 0 Å². The summed E-state index contributed by atoms with van der Waals surface area (Å²) in [6.07, 6.45) is 3.81. The monoisotopic (exact) mass is 374 g/mol. The Morgan fingerprint density at radius 2 is 1.17 bits per heavy atom. The predicted octanol–water partition coefficient (Wildman–Crippen LogP) is 6.69. The predicted molar refractivity (Wildman–Crippen MR) is 92.6 cm³/mol. The first-order chi connectivity index (χ1) is 11.6. The molecule has 0 fully saturated rings. The van der Waals surface area contributed by atoms with E-state index >= 15 is 0 Å². The van der Waals surface area contributed by atoms with E-state index in [1.807, 2.05) is 0 Å². The first kappa shape index (κ1) is 19.2. The molecule has 0 atom stereocenters. The van der Waals surface area contributed by atoms with Crippen LogP contribution in [0.2, 0.25) is 0 Å². The van der Waals surface area contributed by atoms with Gasteiger partial charge in [0.05, 0.1) is 0 Å². The van der Waals surface area contributed by atoms with Gasteiger partial charge in [-0.15, -0.1) is 23.5 Å². The summed E-state index contributed by atoms with van der Waals surface area (Å²) < 4.78 is 52.7. The lowest BCUT2D eigenvalue weighted by molar-refractivity contribution is 0.565. The smallest absolute Gasteiger partial charge is 0.139 e. The number of hydrogen-bond acceptors (Lipinski definition) is 2. The van der Waals surface area contributed by atoms with Gasteiger partial charge < -0.3 is 0 Å². The normalized spacial score (nSPS) is 11.0. The van der Waals surface area contributed by atoms with E-state index in [1.54, 1.807) is 0 Å². The van der Waals surface area contributed by atoms with Gasteiger partial charge in [-0.3, -0.25) is 0 Å². The molecule has 6 heteroatoms. The summed E-state index contributed by atoms with van der Waals surface area (Å²) in [5.41, 5.74) is 0. The van der Waals surface area contributed by atoms with Crippen LogP contribution in [0.4, 0.5) is 17.6 Å². The van der Waals surface area contributed by atoms with Crippen LogP contribution < -0.4 is 0 Å². The molecule has 2 aromatic carbocycles. The topological polar surface area (TPSA) is 0 Å². The van der Waals surface area contributed by atoms with Crippen molar-refractivity contribution in [3.63, 3.8) is 0 Å². The van der Waals surface area contributed by atoms with Gasteiger partial charge >= 0.3 is 0 Å². The molecule has 0 N–H and O–H groups in total. The maximum Gasteiger partial charge on any atom is 0.139 e. The van der Waals surface area contributed by atoms with Crippen molar-refractivity contribution < 1.29 is 17.6 Å². The van der Waals surface area contributed by atoms with E-state index in [-0.39, 0.29) is 5.82 Å². The molecule has 0 unspecified atom stereocenters. The molecule has 0 saturated carbocycles. The molecule has 2 rings (SSSR count). The summed E-state index contributed by atoms with van der Waals surface area (Å²) in [6, 6.07) is 7.08. The minimum atomic E-state index is -0.566. The molecule has 0 bridgehead atoms. The van der Waals surface area contributed by atoms with Crippen LogP contribution in [0.3, 0.4) is 0 Å². The summed E-state index contributed by atoms with van der Waals surface area (Å²) in [4.78, 5) is 0.811. The van der Waals surface area contributed by atoms with Gasteiger partial charge in [-0.05, 0) is 54.7 Å². The van der Waals surface area contributed by atoms with Crippen molar-refractivity contribution in [1.82, 2.24) is 0 Å². The third-order valence-corrected chi connectivity index (χ3v) is 5.59. The first-order valence-electron chi connectivity index (χ1n) is 7.72. The van der Waals surface area contributed by atoms with E-state index in [0.717, 1.165) is 55.4 Å². The summed E-state index contributed by atoms with van der Waals surface area (Å²) >= 11 is 2.70. The Morgan fingerprint density at radius 1 is 0.583 bits per heavy atom. The quantitative estimate of drug-likeness (QED) is 0.272. The third kappa shape index (κ3) is 6.40. The summed E-state index contributed by atoms with van der Waals surface area (Å²) in [5.74, 6) is -0.394. The Balaban J connectivity index is 1.56. The van der Waals surface area contributed by atoms with Crippen LogP contribution in [0.15, 0.2) is 46.2 Å². The van der Waals surface area contributed by atoms with Crippen LogP contribution in [0.1, 0.15) is 25.7 Å². The zero-order valence-electron chi connectivity index (χ0n) is 13.0.